The molecule has 17 heavy (non-hydrogen) atoms. The maximum Gasteiger partial charge on any atom is 0.239 e. The molecule has 1 aliphatic rings. The number of hydrogen-bond acceptors (Lipinski definition) is 4. The number of nitrogens with two attached hydrogens (primary N) is 1. The van der Waals surface area contributed by atoms with Crippen LogP contribution in [0.1, 0.15) is 18.4 Å². The van der Waals surface area contributed by atoms with Crippen LogP contribution in [0, 0.1) is 0 Å². The second-order valence-corrected chi connectivity index (χ2v) is 4.40. The first-order valence-electron chi connectivity index (χ1n) is 5.45. The molecule has 1 aromatic rings. The third-order valence-corrected chi connectivity index (χ3v) is 2.65. The highest BCUT2D eigenvalue weighted by atomic mass is 32.1. The fraction of sp³-hybridized carbons (Fsp3) is 0.364. The highest BCUT2D eigenvalue weighted by Gasteiger charge is 2.23. The molecule has 0 atom stereocenters. The molecule has 1 fully saturated rings. The third-order valence-electron chi connectivity index (χ3n) is 2.43. The van der Waals surface area contributed by atoms with Gasteiger partial charge in [-0.05, 0) is 25.0 Å². The van der Waals surface area contributed by atoms with Crippen molar-refractivity contribution in [1.29, 1.82) is 0 Å². The Bertz CT molecular complexity index is 445. The Kier molecular flexibility index (Phi) is 3.53. The van der Waals surface area contributed by atoms with Crippen molar-refractivity contribution in [1.82, 2.24) is 10.3 Å². The molecule has 0 aliphatic heterocycles. The summed E-state index contributed by atoms with van der Waals surface area (Å²) in [7, 11) is 0. The number of nitrogens with zero attached hydrogens (tertiary/aromatic N) is 1. The van der Waals surface area contributed by atoms with E-state index < -0.39 is 0 Å². The Morgan fingerprint density at radius 3 is 3.00 bits per heavy atom. The summed E-state index contributed by atoms with van der Waals surface area (Å²) < 4.78 is 0. The van der Waals surface area contributed by atoms with Crippen molar-refractivity contribution in [3.63, 3.8) is 0 Å². The molecule has 0 aromatic carbocycles. The molecule has 0 unspecified atom stereocenters. The minimum absolute atomic E-state index is 0.0351. The van der Waals surface area contributed by atoms with E-state index in [1.807, 2.05) is 0 Å². The first-order chi connectivity index (χ1) is 8.16. The van der Waals surface area contributed by atoms with Gasteiger partial charge in [0, 0.05) is 12.2 Å². The van der Waals surface area contributed by atoms with Crippen molar-refractivity contribution in [2.75, 3.05) is 11.9 Å². The largest absolute Gasteiger partial charge is 0.389 e. The van der Waals surface area contributed by atoms with Crippen molar-refractivity contribution >= 4 is 28.9 Å². The van der Waals surface area contributed by atoms with Gasteiger partial charge in [0.1, 0.15) is 10.8 Å². The summed E-state index contributed by atoms with van der Waals surface area (Å²) in [4.78, 5) is 15.9. The van der Waals surface area contributed by atoms with Crippen molar-refractivity contribution in [3.8, 4) is 0 Å². The number of carbonyl (C=O) groups excluding carboxylic acids is 1. The number of anilines is 1. The van der Waals surface area contributed by atoms with Crippen molar-refractivity contribution in [2.45, 2.75) is 18.9 Å². The number of carbonyl (C=O) groups is 1. The number of thiocarbonyl (C=S) groups is 1. The number of aromatic nitrogens is 1. The fourth-order valence-corrected chi connectivity index (χ4v) is 1.58. The van der Waals surface area contributed by atoms with Gasteiger partial charge in [-0.1, -0.05) is 12.2 Å². The SMILES string of the molecule is NC(=S)c1cccnc1NCC(=O)NC1CC1. The number of nitrogens with one attached hydrogen (secondary N) is 2. The van der Waals surface area contributed by atoms with Gasteiger partial charge in [0.25, 0.3) is 0 Å². The zero-order valence-corrected chi connectivity index (χ0v) is 10.1. The van der Waals surface area contributed by atoms with E-state index >= 15 is 0 Å². The van der Waals surface area contributed by atoms with Gasteiger partial charge < -0.3 is 16.4 Å². The molecule has 5 nitrogen and oxygen atoms in total. The summed E-state index contributed by atoms with van der Waals surface area (Å²) in [6.45, 7) is 0.184. The van der Waals surface area contributed by atoms with Crippen LogP contribution in [0.3, 0.4) is 0 Å². The summed E-state index contributed by atoms with van der Waals surface area (Å²) in [5.74, 6) is 0.512. The van der Waals surface area contributed by atoms with Gasteiger partial charge in [-0.3, -0.25) is 4.79 Å². The average Bonchev–Trinajstić information content (AvgIpc) is 3.10. The Morgan fingerprint density at radius 1 is 1.59 bits per heavy atom. The van der Waals surface area contributed by atoms with E-state index in [0.717, 1.165) is 12.8 Å². The maximum absolute atomic E-state index is 11.5. The number of pyridine rings is 1. The van der Waals surface area contributed by atoms with Crippen molar-refractivity contribution < 1.29 is 4.79 Å². The zero-order chi connectivity index (χ0) is 12.3. The minimum atomic E-state index is -0.0351. The van der Waals surface area contributed by atoms with E-state index in [4.69, 9.17) is 18.0 Å². The zero-order valence-electron chi connectivity index (χ0n) is 9.27. The van der Waals surface area contributed by atoms with Crippen LogP contribution < -0.4 is 16.4 Å². The molecule has 1 saturated carbocycles. The molecule has 1 heterocycles. The van der Waals surface area contributed by atoms with Crippen LogP contribution in [0.5, 0.6) is 0 Å². The first kappa shape index (κ1) is 11.8. The molecule has 0 spiro atoms. The van der Waals surface area contributed by atoms with E-state index in [9.17, 15) is 4.79 Å². The van der Waals surface area contributed by atoms with Gasteiger partial charge in [-0.15, -0.1) is 0 Å². The maximum atomic E-state index is 11.5. The predicted molar refractivity (Wildman–Crippen MR) is 69.8 cm³/mol. The molecule has 1 aromatic heterocycles. The highest BCUT2D eigenvalue weighted by molar-refractivity contribution is 7.80. The summed E-state index contributed by atoms with van der Waals surface area (Å²) >= 11 is 4.91. The first-order valence-corrected chi connectivity index (χ1v) is 5.85. The van der Waals surface area contributed by atoms with E-state index in [1.165, 1.54) is 0 Å². The molecule has 1 aliphatic carbocycles. The summed E-state index contributed by atoms with van der Waals surface area (Å²) in [6.07, 6.45) is 3.78. The Balaban J connectivity index is 1.93. The molecule has 2 rings (SSSR count). The van der Waals surface area contributed by atoms with Gasteiger partial charge in [0.15, 0.2) is 0 Å². The lowest BCUT2D eigenvalue weighted by atomic mass is 10.2. The minimum Gasteiger partial charge on any atom is -0.389 e. The fourth-order valence-electron chi connectivity index (χ4n) is 1.42. The summed E-state index contributed by atoms with van der Waals surface area (Å²) in [6, 6.07) is 3.89. The number of amides is 1. The molecule has 6 heteroatoms. The second kappa shape index (κ2) is 5.09. The average molecular weight is 250 g/mol. The van der Waals surface area contributed by atoms with Crippen LogP contribution >= 0.6 is 12.2 Å². The van der Waals surface area contributed by atoms with E-state index in [0.29, 0.717) is 17.4 Å². The van der Waals surface area contributed by atoms with Crippen LogP contribution in [-0.4, -0.2) is 28.5 Å². The quantitative estimate of drug-likeness (QED) is 0.659. The van der Waals surface area contributed by atoms with Crippen LogP contribution in [0.4, 0.5) is 5.82 Å². The van der Waals surface area contributed by atoms with Crippen molar-refractivity contribution in [3.05, 3.63) is 23.9 Å². The van der Waals surface area contributed by atoms with E-state index in [-0.39, 0.29) is 17.4 Å². The molecule has 90 valence electrons. The number of hydrogen-bond donors (Lipinski definition) is 3. The third kappa shape index (κ3) is 3.39. The number of rotatable bonds is 5. The lowest BCUT2D eigenvalue weighted by Crippen LogP contribution is -2.32. The molecule has 0 saturated heterocycles. The topological polar surface area (TPSA) is 80.0 Å². The van der Waals surface area contributed by atoms with Crippen LogP contribution in [0.2, 0.25) is 0 Å². The Morgan fingerprint density at radius 2 is 2.35 bits per heavy atom. The second-order valence-electron chi connectivity index (χ2n) is 3.96. The standard InChI is InChI=1S/C11H14N4OS/c12-10(17)8-2-1-5-13-11(8)14-6-9(16)15-7-3-4-7/h1-2,5,7H,3-4,6H2,(H2,12,17)(H,13,14)(H,15,16). The van der Waals surface area contributed by atoms with Crippen LogP contribution in [0.15, 0.2) is 18.3 Å². The van der Waals surface area contributed by atoms with Gasteiger partial charge in [-0.25, -0.2) is 4.98 Å². The summed E-state index contributed by atoms with van der Waals surface area (Å²) in [5.41, 5.74) is 6.22. The lowest BCUT2D eigenvalue weighted by molar-refractivity contribution is -0.119. The smallest absolute Gasteiger partial charge is 0.239 e. The Hall–Kier alpha value is -1.69. The molecule has 1 amide bonds. The molecular weight excluding hydrogens is 236 g/mol. The molecule has 0 bridgehead atoms. The van der Waals surface area contributed by atoms with Crippen LogP contribution in [0.25, 0.3) is 0 Å². The van der Waals surface area contributed by atoms with Gasteiger partial charge in [0.2, 0.25) is 5.91 Å². The lowest BCUT2D eigenvalue weighted by Gasteiger charge is -2.09. The normalized spacial score (nSPS) is 14.1. The predicted octanol–water partition coefficient (Wildman–Crippen LogP) is 0.406. The van der Waals surface area contributed by atoms with E-state index in [2.05, 4.69) is 15.6 Å². The highest BCUT2D eigenvalue weighted by Crippen LogP contribution is 2.18. The molecule has 0 radical (unpaired) electrons. The molecular formula is C11H14N4OS. The summed E-state index contributed by atoms with van der Waals surface area (Å²) in [5, 5.41) is 5.82. The van der Waals surface area contributed by atoms with Gasteiger partial charge in [0.05, 0.1) is 12.1 Å². The van der Waals surface area contributed by atoms with Gasteiger partial charge >= 0.3 is 0 Å². The Labute approximate surface area is 105 Å². The van der Waals surface area contributed by atoms with Crippen LogP contribution in [-0.2, 0) is 4.79 Å². The van der Waals surface area contributed by atoms with Crippen molar-refractivity contribution in [2.24, 2.45) is 5.73 Å². The molecule has 4 N–H and O–H groups in total. The van der Waals surface area contributed by atoms with E-state index in [1.54, 1.807) is 18.3 Å². The van der Waals surface area contributed by atoms with Gasteiger partial charge in [-0.2, -0.15) is 0 Å². The monoisotopic (exact) mass is 250 g/mol.